The first-order valence-electron chi connectivity index (χ1n) is 6.12. The second-order valence-corrected chi connectivity index (χ2v) is 5.54. The molecule has 7 heteroatoms. The number of rotatable bonds is 0. The number of H-pyrrole nitrogens is 1. The van der Waals surface area contributed by atoms with Crippen LogP contribution in [-0.2, 0) is 17.7 Å². The number of hydrogen-bond acceptors (Lipinski definition) is 5. The van der Waals surface area contributed by atoms with Crippen molar-refractivity contribution in [2.75, 3.05) is 12.3 Å². The number of ether oxygens (including phenoxy) is 1. The summed E-state index contributed by atoms with van der Waals surface area (Å²) < 4.78 is 5.30. The first kappa shape index (κ1) is 13.4. The first-order chi connectivity index (χ1) is 8.76. The van der Waals surface area contributed by atoms with Crippen molar-refractivity contribution in [3.8, 4) is 0 Å². The Balaban J connectivity index is 2.18. The third-order valence-corrected chi connectivity index (χ3v) is 2.79. The van der Waals surface area contributed by atoms with Crippen molar-refractivity contribution in [1.29, 1.82) is 0 Å². The number of carbonyl (C=O) groups excluding carboxylic acids is 1. The van der Waals surface area contributed by atoms with Gasteiger partial charge in [0.2, 0.25) is 0 Å². The van der Waals surface area contributed by atoms with E-state index < -0.39 is 17.4 Å². The molecular formula is C12H18N4O3. The van der Waals surface area contributed by atoms with Gasteiger partial charge in [0.25, 0.3) is 0 Å². The molecule has 0 bridgehead atoms. The molecule has 0 aliphatic carbocycles. The van der Waals surface area contributed by atoms with E-state index in [-0.39, 0.29) is 12.4 Å². The van der Waals surface area contributed by atoms with Crippen LogP contribution in [0, 0.1) is 0 Å². The molecule has 7 nitrogen and oxygen atoms in total. The second kappa shape index (κ2) is 4.56. The molecule has 0 saturated carbocycles. The fourth-order valence-electron chi connectivity index (χ4n) is 1.98. The van der Waals surface area contributed by atoms with E-state index in [1.165, 1.54) is 0 Å². The smallest absolute Gasteiger partial charge is 0.410 e. The van der Waals surface area contributed by atoms with E-state index in [4.69, 9.17) is 10.5 Å². The molecule has 1 aromatic rings. The van der Waals surface area contributed by atoms with Crippen LogP contribution in [0.2, 0.25) is 0 Å². The summed E-state index contributed by atoms with van der Waals surface area (Å²) in [4.78, 5) is 31.1. The quantitative estimate of drug-likeness (QED) is 0.717. The minimum atomic E-state index is -0.540. The Morgan fingerprint density at radius 2 is 2.16 bits per heavy atom. The van der Waals surface area contributed by atoms with Crippen molar-refractivity contribution >= 4 is 11.9 Å². The number of aromatic amines is 1. The van der Waals surface area contributed by atoms with Gasteiger partial charge in [-0.2, -0.15) is 4.98 Å². The summed E-state index contributed by atoms with van der Waals surface area (Å²) in [5.74, 6) is 0.239. The van der Waals surface area contributed by atoms with Crippen LogP contribution >= 0.6 is 0 Å². The van der Waals surface area contributed by atoms with E-state index in [9.17, 15) is 9.59 Å². The zero-order chi connectivity index (χ0) is 14.2. The van der Waals surface area contributed by atoms with Gasteiger partial charge in [-0.1, -0.05) is 0 Å². The molecule has 0 spiro atoms. The number of nitrogens with two attached hydrogens (primary N) is 1. The highest BCUT2D eigenvalue weighted by Gasteiger charge is 2.27. The Bertz CT molecular complexity index is 559. The number of carbonyl (C=O) groups is 1. The van der Waals surface area contributed by atoms with Gasteiger partial charge in [-0.25, -0.2) is 9.59 Å². The Morgan fingerprint density at radius 1 is 1.47 bits per heavy atom. The molecule has 2 rings (SSSR count). The highest BCUT2D eigenvalue weighted by molar-refractivity contribution is 5.68. The lowest BCUT2D eigenvalue weighted by Gasteiger charge is -2.31. The molecule has 0 saturated heterocycles. The van der Waals surface area contributed by atoms with Gasteiger partial charge >= 0.3 is 11.8 Å². The van der Waals surface area contributed by atoms with Crippen molar-refractivity contribution in [1.82, 2.24) is 14.9 Å². The standard InChI is InChI=1S/C12H18N4O3/c1-12(2,3)19-11(18)16-5-4-7-8(6-16)14-10(17)15-9(7)13/h4-6H2,1-3H3,(H3,13,14,15,17). The van der Waals surface area contributed by atoms with Crippen LogP contribution < -0.4 is 11.4 Å². The Labute approximate surface area is 110 Å². The summed E-state index contributed by atoms with van der Waals surface area (Å²) in [6.45, 7) is 6.22. The minimum Gasteiger partial charge on any atom is -0.444 e. The molecule has 1 aromatic heterocycles. The van der Waals surface area contributed by atoms with Gasteiger partial charge in [-0.05, 0) is 27.2 Å². The molecule has 0 atom stereocenters. The topological polar surface area (TPSA) is 101 Å². The summed E-state index contributed by atoms with van der Waals surface area (Å²) >= 11 is 0. The van der Waals surface area contributed by atoms with Crippen molar-refractivity contribution in [3.05, 3.63) is 21.7 Å². The van der Waals surface area contributed by atoms with E-state index in [0.29, 0.717) is 18.7 Å². The Kier molecular flexibility index (Phi) is 3.21. The van der Waals surface area contributed by atoms with Gasteiger partial charge in [0.1, 0.15) is 11.4 Å². The molecule has 19 heavy (non-hydrogen) atoms. The molecule has 104 valence electrons. The number of hydrogen-bond donors (Lipinski definition) is 2. The predicted molar refractivity (Wildman–Crippen MR) is 69.6 cm³/mol. The number of nitrogen functional groups attached to an aromatic ring is 1. The fraction of sp³-hybridized carbons (Fsp3) is 0.583. The van der Waals surface area contributed by atoms with Gasteiger partial charge in [0, 0.05) is 17.8 Å². The SMILES string of the molecule is CC(C)(C)OC(=O)N1CCc2c(N)nc(=O)[nH]c2C1. The van der Waals surface area contributed by atoms with Gasteiger partial charge < -0.3 is 20.4 Å². The molecular weight excluding hydrogens is 248 g/mol. The van der Waals surface area contributed by atoms with Crippen LogP contribution in [0.15, 0.2) is 4.79 Å². The maximum Gasteiger partial charge on any atom is 0.410 e. The first-order valence-corrected chi connectivity index (χ1v) is 6.12. The summed E-state index contributed by atoms with van der Waals surface area (Å²) in [7, 11) is 0. The summed E-state index contributed by atoms with van der Waals surface area (Å²) in [6, 6.07) is 0. The van der Waals surface area contributed by atoms with E-state index in [2.05, 4.69) is 9.97 Å². The highest BCUT2D eigenvalue weighted by Crippen LogP contribution is 2.21. The van der Waals surface area contributed by atoms with E-state index in [0.717, 1.165) is 5.56 Å². The molecule has 1 aliphatic heterocycles. The lowest BCUT2D eigenvalue weighted by molar-refractivity contribution is 0.0220. The molecule has 3 N–H and O–H groups in total. The van der Waals surface area contributed by atoms with Gasteiger partial charge in [0.05, 0.1) is 6.54 Å². The van der Waals surface area contributed by atoms with Crippen LogP contribution in [-0.4, -0.2) is 33.1 Å². The van der Waals surface area contributed by atoms with Gasteiger partial charge in [-0.3, -0.25) is 0 Å². The normalized spacial score (nSPS) is 15.0. The van der Waals surface area contributed by atoms with E-state index >= 15 is 0 Å². The summed E-state index contributed by atoms with van der Waals surface area (Å²) in [6.07, 6.45) is 0.166. The molecule has 1 amide bonds. The molecule has 0 radical (unpaired) electrons. The largest absolute Gasteiger partial charge is 0.444 e. The summed E-state index contributed by atoms with van der Waals surface area (Å²) in [5.41, 5.74) is 6.10. The molecule has 0 aromatic carbocycles. The lowest BCUT2D eigenvalue weighted by Crippen LogP contribution is -2.41. The zero-order valence-corrected chi connectivity index (χ0v) is 11.3. The second-order valence-electron chi connectivity index (χ2n) is 5.54. The lowest BCUT2D eigenvalue weighted by atomic mass is 10.1. The van der Waals surface area contributed by atoms with Crippen molar-refractivity contribution in [2.24, 2.45) is 0 Å². The average molecular weight is 266 g/mol. The van der Waals surface area contributed by atoms with Gasteiger partial charge in [-0.15, -0.1) is 0 Å². The van der Waals surface area contributed by atoms with Crippen LogP contribution in [0.5, 0.6) is 0 Å². The Morgan fingerprint density at radius 3 is 2.79 bits per heavy atom. The Hall–Kier alpha value is -2.05. The van der Waals surface area contributed by atoms with Crippen LogP contribution in [0.1, 0.15) is 32.0 Å². The van der Waals surface area contributed by atoms with E-state index in [1.807, 2.05) is 20.8 Å². The maximum atomic E-state index is 12.0. The molecule has 0 unspecified atom stereocenters. The number of aromatic nitrogens is 2. The molecule has 2 heterocycles. The predicted octanol–water partition coefficient (Wildman–Crippen LogP) is 0.645. The molecule has 0 fully saturated rings. The van der Waals surface area contributed by atoms with Crippen molar-refractivity contribution < 1.29 is 9.53 Å². The summed E-state index contributed by atoms with van der Waals surface area (Å²) in [5, 5.41) is 0. The maximum absolute atomic E-state index is 12.0. The number of amides is 1. The van der Waals surface area contributed by atoms with E-state index in [1.54, 1.807) is 4.90 Å². The third kappa shape index (κ3) is 3.04. The third-order valence-electron chi connectivity index (χ3n) is 2.79. The average Bonchev–Trinajstić information content (AvgIpc) is 2.25. The van der Waals surface area contributed by atoms with Crippen LogP contribution in [0.3, 0.4) is 0 Å². The zero-order valence-electron chi connectivity index (χ0n) is 11.3. The minimum absolute atomic E-state index is 0.239. The molecule has 1 aliphatic rings. The van der Waals surface area contributed by atoms with Crippen molar-refractivity contribution in [3.63, 3.8) is 0 Å². The van der Waals surface area contributed by atoms with Crippen LogP contribution in [0.25, 0.3) is 0 Å². The van der Waals surface area contributed by atoms with Crippen LogP contribution in [0.4, 0.5) is 10.6 Å². The fourth-order valence-corrected chi connectivity index (χ4v) is 1.98. The number of nitrogens with one attached hydrogen (secondary N) is 1. The number of anilines is 1. The van der Waals surface area contributed by atoms with Gasteiger partial charge in [0.15, 0.2) is 0 Å². The van der Waals surface area contributed by atoms with Crippen molar-refractivity contribution in [2.45, 2.75) is 39.3 Å². The number of nitrogens with zero attached hydrogens (tertiary/aromatic N) is 2. The number of fused-ring (bicyclic) bond motifs is 1. The monoisotopic (exact) mass is 266 g/mol. The highest BCUT2D eigenvalue weighted by atomic mass is 16.6.